The highest BCUT2D eigenvalue weighted by atomic mass is 19.2. The van der Waals surface area contributed by atoms with E-state index in [0.29, 0.717) is 25.2 Å². The van der Waals surface area contributed by atoms with Crippen LogP contribution in [0.3, 0.4) is 0 Å². The fourth-order valence-corrected chi connectivity index (χ4v) is 2.26. The van der Waals surface area contributed by atoms with Gasteiger partial charge in [-0.1, -0.05) is 6.07 Å². The van der Waals surface area contributed by atoms with Crippen molar-refractivity contribution in [1.29, 1.82) is 0 Å². The Kier molecular flexibility index (Phi) is 4.70. The SMILES string of the molecule is CN(Cc1ccc(F)c(F)c1)C1CN(C(=O)OC(C)(C)C)C1. The van der Waals surface area contributed by atoms with Crippen molar-refractivity contribution in [3.8, 4) is 0 Å². The van der Waals surface area contributed by atoms with Crippen LogP contribution in [0.25, 0.3) is 0 Å². The summed E-state index contributed by atoms with van der Waals surface area (Å²) in [7, 11) is 1.90. The monoisotopic (exact) mass is 312 g/mol. The number of carbonyl (C=O) groups excluding carboxylic acids is 1. The Morgan fingerprint density at radius 1 is 1.32 bits per heavy atom. The Labute approximate surface area is 129 Å². The first-order valence-corrected chi connectivity index (χ1v) is 7.28. The van der Waals surface area contributed by atoms with Crippen molar-refractivity contribution in [2.45, 2.75) is 39.0 Å². The lowest BCUT2D eigenvalue weighted by atomic mass is 10.1. The van der Waals surface area contributed by atoms with Crippen LogP contribution in [0.4, 0.5) is 13.6 Å². The lowest BCUT2D eigenvalue weighted by Crippen LogP contribution is -2.60. The molecule has 0 radical (unpaired) electrons. The summed E-state index contributed by atoms with van der Waals surface area (Å²) in [4.78, 5) is 15.5. The third-order valence-electron chi connectivity index (χ3n) is 3.55. The lowest BCUT2D eigenvalue weighted by Gasteiger charge is -2.44. The second-order valence-corrected chi connectivity index (χ2v) is 6.70. The van der Waals surface area contributed by atoms with E-state index in [9.17, 15) is 13.6 Å². The molecule has 0 aliphatic carbocycles. The van der Waals surface area contributed by atoms with Gasteiger partial charge in [0.15, 0.2) is 11.6 Å². The maximum atomic E-state index is 13.2. The summed E-state index contributed by atoms with van der Waals surface area (Å²) >= 11 is 0. The molecule has 1 heterocycles. The van der Waals surface area contributed by atoms with Gasteiger partial charge in [-0.3, -0.25) is 4.90 Å². The minimum Gasteiger partial charge on any atom is -0.444 e. The summed E-state index contributed by atoms with van der Waals surface area (Å²) in [5.41, 5.74) is 0.205. The molecule has 0 bridgehead atoms. The normalized spacial score (nSPS) is 15.9. The third kappa shape index (κ3) is 4.16. The molecule has 0 unspecified atom stereocenters. The predicted octanol–water partition coefficient (Wildman–Crippen LogP) is 3.02. The van der Waals surface area contributed by atoms with Gasteiger partial charge in [0.05, 0.1) is 0 Å². The number of nitrogens with zero attached hydrogens (tertiary/aromatic N) is 2. The van der Waals surface area contributed by atoms with E-state index in [1.807, 2.05) is 32.7 Å². The summed E-state index contributed by atoms with van der Waals surface area (Å²) < 4.78 is 31.4. The molecule has 1 fully saturated rings. The molecule has 4 nitrogen and oxygen atoms in total. The van der Waals surface area contributed by atoms with Gasteiger partial charge in [0, 0.05) is 25.7 Å². The van der Waals surface area contributed by atoms with E-state index in [2.05, 4.69) is 0 Å². The van der Waals surface area contributed by atoms with Gasteiger partial charge in [-0.2, -0.15) is 0 Å². The Balaban J connectivity index is 1.82. The van der Waals surface area contributed by atoms with E-state index in [4.69, 9.17) is 4.74 Å². The molecule has 1 aliphatic heterocycles. The van der Waals surface area contributed by atoms with Gasteiger partial charge in [0.25, 0.3) is 0 Å². The van der Waals surface area contributed by atoms with Crippen molar-refractivity contribution in [2.75, 3.05) is 20.1 Å². The Bertz CT molecular complexity index is 552. The van der Waals surface area contributed by atoms with Crippen LogP contribution in [-0.4, -0.2) is 47.7 Å². The number of carbonyl (C=O) groups is 1. The Hall–Kier alpha value is -1.69. The molecule has 0 spiro atoms. The largest absolute Gasteiger partial charge is 0.444 e. The summed E-state index contributed by atoms with van der Waals surface area (Å²) in [5, 5.41) is 0. The minimum absolute atomic E-state index is 0.195. The maximum Gasteiger partial charge on any atom is 0.410 e. The highest BCUT2D eigenvalue weighted by Crippen LogP contribution is 2.20. The third-order valence-corrected chi connectivity index (χ3v) is 3.55. The number of hydrogen-bond acceptors (Lipinski definition) is 3. The summed E-state index contributed by atoms with van der Waals surface area (Å²) in [5.74, 6) is -1.68. The topological polar surface area (TPSA) is 32.8 Å². The van der Waals surface area contributed by atoms with Crippen LogP contribution in [0.1, 0.15) is 26.3 Å². The first-order chi connectivity index (χ1) is 10.2. The standard InChI is InChI=1S/C16H22F2N2O2/c1-16(2,3)22-15(21)20-9-12(10-20)19(4)8-11-5-6-13(17)14(18)7-11/h5-7,12H,8-10H2,1-4H3. The molecule has 1 aromatic rings. The number of amides is 1. The summed E-state index contributed by atoms with van der Waals surface area (Å²) in [6.07, 6.45) is -0.315. The van der Waals surface area contributed by atoms with Crippen LogP contribution < -0.4 is 0 Å². The molecule has 1 saturated heterocycles. The molecular weight excluding hydrogens is 290 g/mol. The highest BCUT2D eigenvalue weighted by Gasteiger charge is 2.35. The molecule has 1 aromatic carbocycles. The van der Waals surface area contributed by atoms with Crippen molar-refractivity contribution < 1.29 is 18.3 Å². The molecule has 1 amide bonds. The second-order valence-electron chi connectivity index (χ2n) is 6.70. The number of ether oxygens (including phenoxy) is 1. The lowest BCUT2D eigenvalue weighted by molar-refractivity contribution is -0.0120. The van der Waals surface area contributed by atoms with Crippen molar-refractivity contribution in [2.24, 2.45) is 0 Å². The van der Waals surface area contributed by atoms with Gasteiger partial charge in [-0.15, -0.1) is 0 Å². The van der Waals surface area contributed by atoms with E-state index in [1.54, 1.807) is 11.0 Å². The van der Waals surface area contributed by atoms with E-state index in [1.165, 1.54) is 6.07 Å². The van der Waals surface area contributed by atoms with Crippen molar-refractivity contribution in [3.05, 3.63) is 35.4 Å². The highest BCUT2D eigenvalue weighted by molar-refractivity contribution is 5.69. The molecule has 2 rings (SSSR count). The molecular formula is C16H22F2N2O2. The Morgan fingerprint density at radius 2 is 1.95 bits per heavy atom. The molecule has 22 heavy (non-hydrogen) atoms. The van der Waals surface area contributed by atoms with Gasteiger partial charge in [-0.25, -0.2) is 13.6 Å². The summed E-state index contributed by atoms with van der Waals surface area (Å²) in [6.45, 7) is 7.15. The number of halogens is 2. The molecule has 0 N–H and O–H groups in total. The number of likely N-dealkylation sites (N-methyl/N-ethyl adjacent to an activating group) is 1. The number of hydrogen-bond donors (Lipinski definition) is 0. The molecule has 1 aliphatic rings. The molecule has 122 valence electrons. The zero-order valence-electron chi connectivity index (χ0n) is 13.4. The zero-order valence-corrected chi connectivity index (χ0v) is 13.4. The van der Waals surface area contributed by atoms with Crippen molar-refractivity contribution in [3.63, 3.8) is 0 Å². The number of rotatable bonds is 3. The van der Waals surface area contributed by atoms with Gasteiger partial charge in [-0.05, 0) is 45.5 Å². The predicted molar refractivity (Wildman–Crippen MR) is 79.4 cm³/mol. The molecule has 0 saturated carbocycles. The molecule has 0 atom stereocenters. The van der Waals surface area contributed by atoms with Crippen LogP contribution in [0.2, 0.25) is 0 Å². The molecule has 6 heteroatoms. The quantitative estimate of drug-likeness (QED) is 0.860. The van der Waals surface area contributed by atoms with Gasteiger partial charge in [0.2, 0.25) is 0 Å². The smallest absolute Gasteiger partial charge is 0.410 e. The van der Waals surface area contributed by atoms with Crippen LogP contribution in [-0.2, 0) is 11.3 Å². The van der Waals surface area contributed by atoms with E-state index in [-0.39, 0.29) is 12.1 Å². The van der Waals surface area contributed by atoms with E-state index >= 15 is 0 Å². The van der Waals surface area contributed by atoms with Crippen molar-refractivity contribution in [1.82, 2.24) is 9.80 Å². The van der Waals surface area contributed by atoms with Crippen molar-refractivity contribution >= 4 is 6.09 Å². The van der Waals surface area contributed by atoms with Crippen LogP contribution in [0.15, 0.2) is 18.2 Å². The van der Waals surface area contributed by atoms with Gasteiger partial charge in [0.1, 0.15) is 5.60 Å². The van der Waals surface area contributed by atoms with E-state index < -0.39 is 17.2 Å². The second kappa shape index (κ2) is 6.20. The van der Waals surface area contributed by atoms with Crippen LogP contribution >= 0.6 is 0 Å². The average Bonchev–Trinajstić information content (AvgIpc) is 2.29. The fraction of sp³-hybridized carbons (Fsp3) is 0.562. The first kappa shape index (κ1) is 16.7. The molecule has 0 aromatic heterocycles. The minimum atomic E-state index is -0.842. The maximum absolute atomic E-state index is 13.2. The fourth-order valence-electron chi connectivity index (χ4n) is 2.26. The van der Waals surface area contributed by atoms with E-state index in [0.717, 1.165) is 6.07 Å². The van der Waals surface area contributed by atoms with Gasteiger partial charge >= 0.3 is 6.09 Å². The van der Waals surface area contributed by atoms with Crippen LogP contribution in [0, 0.1) is 11.6 Å². The zero-order chi connectivity index (χ0) is 16.5. The number of benzene rings is 1. The first-order valence-electron chi connectivity index (χ1n) is 7.28. The summed E-state index contributed by atoms with van der Waals surface area (Å²) in [6, 6.07) is 4.10. The number of likely N-dealkylation sites (tertiary alicyclic amines) is 1. The average molecular weight is 312 g/mol. The van der Waals surface area contributed by atoms with Gasteiger partial charge < -0.3 is 9.64 Å². The Morgan fingerprint density at radius 3 is 2.50 bits per heavy atom. The van der Waals surface area contributed by atoms with Crippen LogP contribution in [0.5, 0.6) is 0 Å².